The highest BCUT2D eigenvalue weighted by molar-refractivity contribution is 5.78. The molecule has 0 amide bonds. The molecule has 0 fully saturated rings. The summed E-state index contributed by atoms with van der Waals surface area (Å²) < 4.78 is 16.7. The molecule has 0 aliphatic heterocycles. The lowest BCUT2D eigenvalue weighted by Gasteiger charge is -1.88. The molecule has 0 bridgehead atoms. The van der Waals surface area contributed by atoms with Crippen molar-refractivity contribution in [1.29, 1.82) is 0 Å². The van der Waals surface area contributed by atoms with Crippen LogP contribution in [-0.4, -0.2) is 0 Å². The van der Waals surface area contributed by atoms with Crippen molar-refractivity contribution >= 4 is 11.0 Å². The third kappa shape index (κ3) is 1.06. The predicted octanol–water partition coefficient (Wildman–Crippen LogP) is 2.71. The van der Waals surface area contributed by atoms with Crippen molar-refractivity contribution in [2.75, 3.05) is 0 Å². The van der Waals surface area contributed by atoms with Gasteiger partial charge in [-0.1, -0.05) is 0 Å². The number of rotatable bonds is 0. The minimum atomic E-state index is 0.659. The number of benzene rings is 1. The molecule has 0 saturated carbocycles. The van der Waals surface area contributed by atoms with Crippen molar-refractivity contribution in [3.05, 3.63) is 36.1 Å². The predicted molar refractivity (Wildman–Crippen MR) is 44.2 cm³/mol. The molecule has 0 radical (unpaired) electrons. The van der Waals surface area contributed by atoms with Gasteiger partial charge in [0.2, 0.25) is 0 Å². The van der Waals surface area contributed by atoms with Gasteiger partial charge in [0.15, 0.2) is 0 Å². The molecule has 0 aliphatic rings. The van der Waals surface area contributed by atoms with Gasteiger partial charge in [0, 0.05) is 10.9 Å². The Balaban J connectivity index is 2.65. The summed E-state index contributed by atoms with van der Waals surface area (Å²) in [6.45, 7) is 0. The van der Waals surface area contributed by atoms with Gasteiger partial charge in [-0.25, -0.2) is 0 Å². The molecule has 0 N–H and O–H groups in total. The molecule has 0 spiro atoms. The molecule has 2 heteroatoms. The molecule has 1 aromatic carbocycles. The zero-order chi connectivity index (χ0) is 8.39. The van der Waals surface area contributed by atoms with Crippen molar-refractivity contribution in [3.63, 3.8) is 0 Å². The first kappa shape index (κ1) is 6.93. The van der Waals surface area contributed by atoms with Crippen molar-refractivity contribution in [1.82, 2.24) is 0 Å². The number of hydrogen-bond acceptors (Lipinski definition) is 1. The Morgan fingerprint density at radius 1 is 1.25 bits per heavy atom. The molecule has 1 aromatic heterocycles. The fourth-order valence-corrected chi connectivity index (χ4v) is 1.10. The molecule has 0 aliphatic carbocycles. The molecule has 2 rings (SSSR count). The third-order valence-electron chi connectivity index (χ3n) is 1.64. The van der Waals surface area contributed by atoms with Crippen LogP contribution in [0.15, 0.2) is 34.9 Å². The SMILES string of the molecule is FC#Cc1ccc2occc2c1. The van der Waals surface area contributed by atoms with Crippen molar-refractivity contribution in [2.45, 2.75) is 0 Å². The van der Waals surface area contributed by atoms with Crippen molar-refractivity contribution in [3.8, 4) is 12.1 Å². The smallest absolute Gasteiger partial charge is 0.133 e. The van der Waals surface area contributed by atoms with Crippen LogP contribution in [0.1, 0.15) is 5.56 Å². The van der Waals surface area contributed by atoms with E-state index in [1.165, 1.54) is 6.17 Å². The third-order valence-corrected chi connectivity index (χ3v) is 1.64. The number of halogens is 1. The van der Waals surface area contributed by atoms with Gasteiger partial charge in [0.1, 0.15) is 11.8 Å². The number of hydrogen-bond donors (Lipinski definition) is 0. The topological polar surface area (TPSA) is 13.1 Å². The highest BCUT2D eigenvalue weighted by Crippen LogP contribution is 2.16. The van der Waals surface area contributed by atoms with Crippen LogP contribution in [-0.2, 0) is 0 Å². The van der Waals surface area contributed by atoms with Crippen LogP contribution in [0.4, 0.5) is 4.39 Å². The van der Waals surface area contributed by atoms with E-state index < -0.39 is 0 Å². The van der Waals surface area contributed by atoms with Gasteiger partial charge in [0.05, 0.1) is 6.26 Å². The van der Waals surface area contributed by atoms with E-state index in [1.54, 1.807) is 24.5 Å². The van der Waals surface area contributed by atoms with Gasteiger partial charge in [0.25, 0.3) is 0 Å². The van der Waals surface area contributed by atoms with Gasteiger partial charge in [-0.05, 0) is 30.2 Å². The van der Waals surface area contributed by atoms with Crippen molar-refractivity contribution < 1.29 is 8.81 Å². The lowest BCUT2D eigenvalue weighted by molar-refractivity contribution is 0.616. The fraction of sp³-hybridized carbons (Fsp3) is 0. The zero-order valence-electron chi connectivity index (χ0n) is 6.17. The second kappa shape index (κ2) is 2.71. The maximum absolute atomic E-state index is 11.6. The van der Waals surface area contributed by atoms with Gasteiger partial charge in [-0.15, -0.1) is 4.39 Å². The van der Waals surface area contributed by atoms with Gasteiger partial charge in [-0.2, -0.15) is 0 Å². The van der Waals surface area contributed by atoms with Crippen LogP contribution < -0.4 is 0 Å². The minimum absolute atomic E-state index is 0.659. The summed E-state index contributed by atoms with van der Waals surface area (Å²) in [6, 6.07) is 7.09. The van der Waals surface area contributed by atoms with E-state index in [9.17, 15) is 4.39 Å². The summed E-state index contributed by atoms with van der Waals surface area (Å²) in [6.07, 6.45) is 2.95. The normalized spacial score (nSPS) is 9.42. The molecule has 1 heterocycles. The Bertz CT molecular complexity index is 459. The van der Waals surface area contributed by atoms with E-state index in [0.29, 0.717) is 5.56 Å². The van der Waals surface area contributed by atoms with Crippen LogP contribution in [0.5, 0.6) is 0 Å². The van der Waals surface area contributed by atoms with Crippen LogP contribution in [0.2, 0.25) is 0 Å². The average molecular weight is 160 g/mol. The van der Waals surface area contributed by atoms with Gasteiger partial charge >= 0.3 is 0 Å². The molecule has 2 aromatic rings. The van der Waals surface area contributed by atoms with E-state index in [4.69, 9.17) is 4.42 Å². The first-order valence-corrected chi connectivity index (χ1v) is 3.49. The Hall–Kier alpha value is -1.75. The molecule has 0 unspecified atom stereocenters. The second-order valence-corrected chi connectivity index (χ2v) is 2.39. The van der Waals surface area contributed by atoms with Crippen LogP contribution >= 0.6 is 0 Å². The summed E-state index contributed by atoms with van der Waals surface area (Å²) in [4.78, 5) is 0. The Labute approximate surface area is 68.8 Å². The Morgan fingerprint density at radius 2 is 2.17 bits per heavy atom. The van der Waals surface area contributed by atoms with E-state index in [-0.39, 0.29) is 0 Å². The van der Waals surface area contributed by atoms with Crippen LogP contribution in [0.25, 0.3) is 11.0 Å². The summed E-state index contributed by atoms with van der Waals surface area (Å²) in [7, 11) is 0. The molecule has 0 saturated heterocycles. The van der Waals surface area contributed by atoms with E-state index in [1.807, 2.05) is 6.07 Å². The Morgan fingerprint density at radius 3 is 3.00 bits per heavy atom. The lowest BCUT2D eigenvalue weighted by Crippen LogP contribution is -1.71. The maximum atomic E-state index is 11.6. The van der Waals surface area contributed by atoms with Crippen LogP contribution in [0.3, 0.4) is 0 Å². The summed E-state index contributed by atoms with van der Waals surface area (Å²) >= 11 is 0. The minimum Gasteiger partial charge on any atom is -0.464 e. The highest BCUT2D eigenvalue weighted by Gasteiger charge is 1.95. The van der Waals surface area contributed by atoms with Gasteiger partial charge < -0.3 is 4.42 Å². The average Bonchev–Trinajstić information content (AvgIpc) is 2.51. The zero-order valence-corrected chi connectivity index (χ0v) is 6.17. The van der Waals surface area contributed by atoms with Crippen LogP contribution in [0, 0.1) is 12.1 Å². The first-order valence-electron chi connectivity index (χ1n) is 3.49. The first-order chi connectivity index (χ1) is 5.90. The standard InChI is InChI=1S/C10H5FO/c11-5-3-8-1-2-10-9(7-8)4-6-12-10/h1-2,4,6-7H. The van der Waals surface area contributed by atoms with Crippen molar-refractivity contribution in [2.24, 2.45) is 0 Å². The molecular formula is C10H5FO. The lowest BCUT2D eigenvalue weighted by atomic mass is 10.2. The number of furan rings is 1. The summed E-state index contributed by atoms with van der Waals surface area (Å²) in [5.41, 5.74) is 1.45. The quantitative estimate of drug-likeness (QED) is 0.540. The molecule has 0 atom stereocenters. The van der Waals surface area contributed by atoms with E-state index in [2.05, 4.69) is 5.92 Å². The monoisotopic (exact) mass is 160 g/mol. The largest absolute Gasteiger partial charge is 0.464 e. The molecule has 58 valence electrons. The second-order valence-electron chi connectivity index (χ2n) is 2.39. The Kier molecular flexibility index (Phi) is 1.56. The fourth-order valence-electron chi connectivity index (χ4n) is 1.10. The summed E-state index contributed by atoms with van der Waals surface area (Å²) in [5.74, 6) is 2.33. The van der Waals surface area contributed by atoms with Gasteiger partial charge in [-0.3, -0.25) is 0 Å². The molecule has 12 heavy (non-hydrogen) atoms. The molecule has 1 nitrogen and oxygen atoms in total. The number of fused-ring (bicyclic) bond motifs is 1. The van der Waals surface area contributed by atoms with E-state index in [0.717, 1.165) is 11.0 Å². The molecular weight excluding hydrogens is 155 g/mol. The summed E-state index contributed by atoms with van der Waals surface area (Å²) in [5, 5.41) is 0.940. The van der Waals surface area contributed by atoms with E-state index >= 15 is 0 Å². The highest BCUT2D eigenvalue weighted by atomic mass is 19.1. The maximum Gasteiger partial charge on any atom is 0.133 e.